The molecule has 1 amide bonds. The van der Waals surface area contributed by atoms with E-state index in [4.69, 9.17) is 4.74 Å². The molecular weight excluding hydrogens is 733 g/mol. The van der Waals surface area contributed by atoms with Crippen molar-refractivity contribution in [3.8, 4) is 5.75 Å². The molecule has 58 heavy (non-hydrogen) atoms. The van der Waals surface area contributed by atoms with Crippen LogP contribution in [-0.4, -0.2) is 51.8 Å². The first kappa shape index (κ1) is 40.4. The Morgan fingerprint density at radius 2 is 1.67 bits per heavy atom. The lowest BCUT2D eigenvalue weighted by atomic mass is 9.45. The molecule has 0 saturated heterocycles. The summed E-state index contributed by atoms with van der Waals surface area (Å²) in [7, 11) is 0. The van der Waals surface area contributed by atoms with Gasteiger partial charge in [-0.2, -0.15) is 0 Å². The molecule has 0 aromatic heterocycles. The van der Waals surface area contributed by atoms with Gasteiger partial charge in [0.15, 0.2) is 17.4 Å². The van der Waals surface area contributed by atoms with Crippen molar-refractivity contribution in [1.82, 2.24) is 4.90 Å². The third-order valence-corrected chi connectivity index (χ3v) is 15.2. The van der Waals surface area contributed by atoms with E-state index in [-0.39, 0.29) is 29.4 Å². The summed E-state index contributed by atoms with van der Waals surface area (Å²) < 4.78 is 34.8. The molecule has 6 aliphatic rings. The number of aliphatic hydroxyl groups excluding tert-OH is 1. The van der Waals surface area contributed by atoms with Gasteiger partial charge in [-0.3, -0.25) is 4.79 Å². The zero-order valence-corrected chi connectivity index (χ0v) is 34.3. The molecule has 6 aliphatic carbocycles. The summed E-state index contributed by atoms with van der Waals surface area (Å²) in [5.41, 5.74) is 1.08. The fourth-order valence-electron chi connectivity index (χ4n) is 11.4. The fraction of sp³-hybridized carbons (Fsp3) is 0.480. The maximum atomic E-state index is 14.6. The number of halogens is 2. The van der Waals surface area contributed by atoms with Crippen LogP contribution >= 0.6 is 0 Å². The van der Waals surface area contributed by atoms with E-state index in [9.17, 15) is 28.6 Å². The van der Waals surface area contributed by atoms with Gasteiger partial charge < -0.3 is 19.8 Å². The lowest BCUT2D eigenvalue weighted by Gasteiger charge is -2.60. The Morgan fingerprint density at radius 1 is 0.879 bits per heavy atom. The number of fused-ring (bicyclic) bond motifs is 11. The Balaban J connectivity index is 1.18. The highest BCUT2D eigenvalue weighted by Gasteiger charge is 2.59. The van der Waals surface area contributed by atoms with Crippen LogP contribution in [0, 0.1) is 40.2 Å². The van der Waals surface area contributed by atoms with E-state index in [2.05, 4.69) is 33.8 Å². The molecule has 0 aliphatic heterocycles. The molecule has 4 fully saturated rings. The summed E-state index contributed by atoms with van der Waals surface area (Å²) in [6, 6.07) is 22.5. The predicted octanol–water partition coefficient (Wildman–Crippen LogP) is 11.0. The van der Waals surface area contributed by atoms with Crippen molar-refractivity contribution in [2.45, 2.75) is 110 Å². The normalized spacial score (nSPS) is 29.2. The maximum absolute atomic E-state index is 14.6. The molecule has 10 rings (SSSR count). The van der Waals surface area contributed by atoms with Gasteiger partial charge in [0, 0.05) is 23.1 Å². The summed E-state index contributed by atoms with van der Waals surface area (Å²) in [5, 5.41) is 26.3. The molecule has 7 atom stereocenters. The van der Waals surface area contributed by atoms with Gasteiger partial charge in [0.1, 0.15) is 5.75 Å². The van der Waals surface area contributed by atoms with E-state index < -0.39 is 40.6 Å². The molecule has 4 aromatic rings. The number of benzene rings is 4. The first-order valence-corrected chi connectivity index (χ1v) is 21.3. The minimum atomic E-state index is -1.36. The number of carbonyl (C=O) groups is 2. The van der Waals surface area contributed by atoms with Crippen molar-refractivity contribution >= 4 is 22.6 Å². The van der Waals surface area contributed by atoms with Crippen LogP contribution in [0.15, 0.2) is 90.5 Å². The number of allylic oxidation sites excluding steroid dienone is 2. The largest absolute Gasteiger partial charge is 0.415 e. The van der Waals surface area contributed by atoms with Gasteiger partial charge in [-0.1, -0.05) is 74.9 Å². The second-order valence-electron chi connectivity index (χ2n) is 18.9. The van der Waals surface area contributed by atoms with Crippen LogP contribution in [0.2, 0.25) is 0 Å². The predicted molar refractivity (Wildman–Crippen MR) is 223 cm³/mol. The van der Waals surface area contributed by atoms with E-state index in [1.807, 2.05) is 54.6 Å². The summed E-state index contributed by atoms with van der Waals surface area (Å²) >= 11 is 0. The lowest BCUT2D eigenvalue weighted by Crippen LogP contribution is -2.58. The summed E-state index contributed by atoms with van der Waals surface area (Å²) in [6.07, 6.45) is 8.15. The number of hydrogen-bond donors (Lipinski definition) is 2. The van der Waals surface area contributed by atoms with E-state index in [1.54, 1.807) is 11.0 Å². The Bertz CT molecular complexity index is 2250. The molecule has 4 aromatic carbocycles. The first-order chi connectivity index (χ1) is 27.6. The van der Waals surface area contributed by atoms with Crippen molar-refractivity contribution in [2.75, 3.05) is 13.1 Å². The second kappa shape index (κ2) is 15.6. The van der Waals surface area contributed by atoms with E-state index in [0.717, 1.165) is 53.3 Å². The molecule has 8 heteroatoms. The van der Waals surface area contributed by atoms with E-state index in [1.165, 1.54) is 11.6 Å². The molecule has 0 spiro atoms. The number of carbonyl (C=O) groups excluding carboxylic acids is 2. The van der Waals surface area contributed by atoms with E-state index >= 15 is 0 Å². The van der Waals surface area contributed by atoms with Crippen LogP contribution in [0.25, 0.3) is 10.8 Å². The maximum Gasteiger partial charge on any atom is 0.415 e. The SMILES string of the molecule is CC1=CCC[C@@]2(C)[C@@H](CC[C@@]2(O)CN(C[C@@H]2CC[C@H]3C[C@@H]2C3(C)C)C(=O)Oc2ccc3ccccc3c2)c2ccc(cc2C(=O)c2ccc(F)c(F)c2)C[C@@H](O)CC1. The smallest absolute Gasteiger partial charge is 0.410 e. The minimum Gasteiger partial charge on any atom is -0.410 e. The van der Waals surface area contributed by atoms with Gasteiger partial charge in [0.25, 0.3) is 0 Å². The van der Waals surface area contributed by atoms with Crippen LogP contribution in [0.3, 0.4) is 0 Å². The average molecular weight is 790 g/mol. The van der Waals surface area contributed by atoms with Crippen LogP contribution in [0.5, 0.6) is 5.75 Å². The van der Waals surface area contributed by atoms with Crippen molar-refractivity contribution < 1.29 is 33.3 Å². The van der Waals surface area contributed by atoms with Gasteiger partial charge in [-0.25, -0.2) is 13.6 Å². The Hall–Kier alpha value is -4.40. The topological polar surface area (TPSA) is 87.1 Å². The van der Waals surface area contributed by atoms with Crippen molar-refractivity contribution in [1.29, 1.82) is 0 Å². The Labute approximate surface area is 341 Å². The standard InChI is InChI=1S/C50H57F2NO5/c1-31-8-7-22-49(4)42(40-19-12-32(24-38(54)17-11-31)25-41(40)46(55)35-15-20-44(51)45(52)27-35)21-23-50(49,57)30-53(29-36-13-16-37-28-43(36)48(37,2)3)47(56)58-39-18-14-33-9-5-6-10-34(33)26-39/h5-6,8-10,12,14-15,18-20,25-27,36-38,42-43,54,57H,7,11,13,16-17,21-24,28-30H2,1-4H3/t36-,37-,38-,42-,43-,49-,50+/m0/s1. The summed E-state index contributed by atoms with van der Waals surface area (Å²) in [6.45, 7) is 9.41. The second-order valence-corrected chi connectivity index (χ2v) is 18.9. The number of rotatable bonds is 7. The number of nitrogens with zero attached hydrogens (tertiary/aromatic N) is 1. The van der Waals surface area contributed by atoms with Gasteiger partial charge in [0.05, 0.1) is 18.2 Å². The van der Waals surface area contributed by atoms with Gasteiger partial charge in [-0.05, 0) is 159 Å². The van der Waals surface area contributed by atoms with Gasteiger partial charge in [-0.15, -0.1) is 0 Å². The number of aliphatic hydroxyl groups is 2. The monoisotopic (exact) mass is 789 g/mol. The Morgan fingerprint density at radius 3 is 2.43 bits per heavy atom. The molecule has 4 bridgehead atoms. The number of ketones is 1. The first-order valence-electron chi connectivity index (χ1n) is 21.3. The van der Waals surface area contributed by atoms with Crippen LogP contribution in [0.1, 0.15) is 118 Å². The minimum absolute atomic E-state index is 0.0312. The molecular formula is C50H57F2NO5. The van der Waals surface area contributed by atoms with Crippen LogP contribution in [0.4, 0.5) is 13.6 Å². The zero-order valence-electron chi connectivity index (χ0n) is 34.3. The summed E-state index contributed by atoms with van der Waals surface area (Å²) in [5.74, 6) is -0.974. The molecule has 4 saturated carbocycles. The lowest BCUT2D eigenvalue weighted by molar-refractivity contribution is -0.119. The van der Waals surface area contributed by atoms with Gasteiger partial charge in [0.2, 0.25) is 0 Å². The molecule has 0 unspecified atom stereocenters. The number of amides is 1. The molecule has 0 radical (unpaired) electrons. The number of hydrogen-bond acceptors (Lipinski definition) is 5. The number of ether oxygens (including phenoxy) is 1. The van der Waals surface area contributed by atoms with Crippen LogP contribution < -0.4 is 4.74 Å². The Kier molecular flexibility index (Phi) is 10.9. The van der Waals surface area contributed by atoms with Crippen molar-refractivity contribution in [3.63, 3.8) is 0 Å². The highest BCUT2D eigenvalue weighted by Crippen LogP contribution is 2.62. The quantitative estimate of drug-likeness (QED) is 0.144. The molecule has 2 N–H and O–H groups in total. The molecule has 306 valence electrons. The van der Waals surface area contributed by atoms with Crippen LogP contribution in [-0.2, 0) is 6.42 Å². The highest BCUT2D eigenvalue weighted by atomic mass is 19.2. The average Bonchev–Trinajstić information content (AvgIpc) is 3.45. The van der Waals surface area contributed by atoms with Crippen molar-refractivity contribution in [2.24, 2.45) is 28.6 Å². The highest BCUT2D eigenvalue weighted by molar-refractivity contribution is 6.10. The molecule has 6 nitrogen and oxygen atoms in total. The summed E-state index contributed by atoms with van der Waals surface area (Å²) in [4.78, 5) is 30.7. The zero-order chi connectivity index (χ0) is 41.0. The third-order valence-electron chi connectivity index (χ3n) is 15.2. The van der Waals surface area contributed by atoms with Crippen molar-refractivity contribution in [3.05, 3.63) is 124 Å². The third kappa shape index (κ3) is 7.51. The molecule has 0 heterocycles. The fourth-order valence-corrected chi connectivity index (χ4v) is 11.4. The van der Waals surface area contributed by atoms with E-state index in [0.29, 0.717) is 74.6 Å². The van der Waals surface area contributed by atoms with Gasteiger partial charge >= 0.3 is 6.09 Å².